The van der Waals surface area contributed by atoms with E-state index in [-0.39, 0.29) is 64.8 Å². The van der Waals surface area contributed by atoms with Crippen LogP contribution >= 0.6 is 0 Å². The normalized spacial score (nSPS) is 25.6. The number of hydrogen-bond donors (Lipinski definition) is 5. The number of hydrogen-bond acceptors (Lipinski definition) is 25. The Morgan fingerprint density at radius 3 is 0.987 bits per heavy atom. The number of rotatable bonds is 25. The van der Waals surface area contributed by atoms with Crippen LogP contribution in [0.15, 0.2) is 0 Å². The van der Waals surface area contributed by atoms with Crippen LogP contribution in [0, 0.1) is 0 Å². The summed E-state index contributed by atoms with van der Waals surface area (Å²) < 4.78 is 57.3. The molecule has 0 radical (unpaired) electrons. The third kappa shape index (κ3) is 29.0. The highest BCUT2D eigenvalue weighted by Crippen LogP contribution is 2.28. The molecule has 0 aromatic rings. The molecule has 5 N–H and O–H groups in total. The van der Waals surface area contributed by atoms with Crippen LogP contribution in [0.3, 0.4) is 0 Å². The molecule has 0 amide bonds. The number of carbonyl (C=O) groups excluding carboxylic acids is 9. The van der Waals surface area contributed by atoms with Gasteiger partial charge in [0, 0.05) is 57.8 Å². The van der Waals surface area contributed by atoms with E-state index in [2.05, 4.69) is 9.47 Å². The quantitative estimate of drug-likeness (QED) is 0.0497. The molecule has 0 spiro atoms. The Hall–Kier alpha value is -4.89. The van der Waals surface area contributed by atoms with Gasteiger partial charge in [0.15, 0.2) is 43.1 Å². The van der Waals surface area contributed by atoms with E-state index in [0.29, 0.717) is 57.8 Å². The first-order valence-corrected chi connectivity index (χ1v) is 26.5. The fourth-order valence-electron chi connectivity index (χ4n) is 6.68. The van der Waals surface area contributed by atoms with Crippen LogP contribution in [0.5, 0.6) is 0 Å². The summed E-state index contributed by atoms with van der Waals surface area (Å²) in [5.41, 5.74) is 0. The van der Waals surface area contributed by atoms with Crippen LogP contribution in [-0.4, -0.2) is 173 Å². The van der Waals surface area contributed by atoms with Crippen molar-refractivity contribution in [1.29, 1.82) is 0 Å². The van der Waals surface area contributed by atoms with Crippen LogP contribution in [0.25, 0.3) is 0 Å². The molecule has 3 fully saturated rings. The summed E-state index contributed by atoms with van der Waals surface area (Å²) in [7, 11) is 0. The van der Waals surface area contributed by atoms with Crippen LogP contribution in [0.2, 0.25) is 0 Å². The highest BCUT2D eigenvalue weighted by molar-refractivity contribution is 5.85. The maximum atomic E-state index is 12.2. The minimum atomic E-state index is -1.46. The summed E-state index contributed by atoms with van der Waals surface area (Å²) in [6.07, 6.45) is -7.38. The van der Waals surface area contributed by atoms with Crippen LogP contribution in [0.4, 0.5) is 0 Å². The van der Waals surface area contributed by atoms with Crippen molar-refractivity contribution in [2.75, 3.05) is 19.8 Å². The van der Waals surface area contributed by atoms with Crippen LogP contribution in [0.1, 0.15) is 178 Å². The van der Waals surface area contributed by atoms with E-state index in [1.807, 2.05) is 62.3 Å². The number of aliphatic hydroxyl groups excluding tert-OH is 5. The molecular formula is C51H86O25. The van der Waals surface area contributed by atoms with Crippen molar-refractivity contribution < 1.29 is 121 Å². The van der Waals surface area contributed by atoms with Crippen LogP contribution < -0.4 is 0 Å². The van der Waals surface area contributed by atoms with E-state index < -0.39 is 128 Å². The highest BCUT2D eigenvalue weighted by Gasteiger charge is 2.50. The minimum absolute atomic E-state index is 0.127. The van der Waals surface area contributed by atoms with Crippen molar-refractivity contribution in [3.8, 4) is 0 Å². The van der Waals surface area contributed by atoms with Gasteiger partial charge in [0.25, 0.3) is 0 Å². The Morgan fingerprint density at radius 2 is 0.618 bits per heavy atom. The second-order valence-corrected chi connectivity index (χ2v) is 17.7. The van der Waals surface area contributed by atoms with Gasteiger partial charge in [-0.2, -0.15) is 0 Å². The van der Waals surface area contributed by atoms with Gasteiger partial charge in [0.05, 0.1) is 19.8 Å². The molecule has 0 saturated carbocycles. The van der Waals surface area contributed by atoms with E-state index in [1.54, 1.807) is 0 Å². The number of carbonyl (C=O) groups is 9. The third-order valence-corrected chi connectivity index (χ3v) is 10.5. The second kappa shape index (κ2) is 41.2. The van der Waals surface area contributed by atoms with Gasteiger partial charge < -0.3 is 77.6 Å². The smallest absolute Gasteiger partial charge is 0.313 e. The minimum Gasteiger partial charge on any atom is -0.456 e. The van der Waals surface area contributed by atoms with Gasteiger partial charge in [0.1, 0.15) is 18.3 Å². The van der Waals surface area contributed by atoms with E-state index in [0.717, 1.165) is 12.8 Å². The van der Waals surface area contributed by atoms with E-state index in [1.165, 1.54) is 0 Å². The standard InChI is InChI=1S/C21H34O9.C17H28O8.C8H14O3.C5H10O5/c1-5-9-15(22)27-14-13-26-21(30-18(25)12-8-4)20(29-17(24)11-7-3)19(14)28-16(23)10-6-2;1-4-7-12(18)23-11-10-22-17(21)16(25-14(20)9-6-3)15(11)24-13(19)8-5-2;1-3-5-7(9)11-8(10)6-4-2;6-2-1-10-5(9)4(8)3(2)7/h14,19-21H,5-13H2,1-4H3;11,15-17,21H,4-10H2,1-3H3;3-6H2,1-2H3;2-9H,1H2/t14-,19-,20+,21?;11-,15-,16+,17?;;2-,3-,4+,5?/m00.0/s1. The van der Waals surface area contributed by atoms with Gasteiger partial charge in [-0.1, -0.05) is 62.3 Å². The SMILES string of the molecule is CCCC(=O)OC(=O)CCC.CCCC(=O)OC1OC[C@H](OC(=O)CCC)[C@H](OC(=O)CCC)[C@H]1OC(=O)CCC.CCCC(=O)O[C@H]1[C@@H](OC(=O)CCC)COC(O)[C@@H]1OC(=O)CCC.OC1OC[C@H](O)[C@H](O)[C@H]1O. The summed E-state index contributed by atoms with van der Waals surface area (Å²) in [5.74, 6) is -4.46. The molecule has 3 aliphatic heterocycles. The molecule has 440 valence electrons. The Bertz CT molecular complexity index is 1640. The third-order valence-electron chi connectivity index (χ3n) is 10.5. The predicted octanol–water partition coefficient (Wildman–Crippen LogP) is 3.37. The predicted molar refractivity (Wildman–Crippen MR) is 262 cm³/mol. The first kappa shape index (κ1) is 71.1. The fourth-order valence-corrected chi connectivity index (χ4v) is 6.68. The lowest BCUT2D eigenvalue weighted by Crippen LogP contribution is -2.58. The Labute approximate surface area is 445 Å². The number of aliphatic hydroxyl groups is 5. The molecule has 0 bridgehead atoms. The zero-order valence-electron chi connectivity index (χ0n) is 45.7. The molecule has 25 heteroatoms. The van der Waals surface area contributed by atoms with Gasteiger partial charge >= 0.3 is 53.7 Å². The zero-order chi connectivity index (χ0) is 57.8. The summed E-state index contributed by atoms with van der Waals surface area (Å²) in [6.45, 7) is 16.0. The fraction of sp³-hybridized carbons (Fsp3) is 0.824. The lowest BCUT2D eigenvalue weighted by atomic mass is 10.0. The van der Waals surface area contributed by atoms with Gasteiger partial charge in [-0.3, -0.25) is 43.2 Å². The molecule has 0 aromatic carbocycles. The molecule has 3 heterocycles. The van der Waals surface area contributed by atoms with Gasteiger partial charge in [0.2, 0.25) is 12.4 Å². The van der Waals surface area contributed by atoms with Gasteiger partial charge in [-0.25, -0.2) is 0 Å². The molecular weight excluding hydrogens is 1010 g/mol. The summed E-state index contributed by atoms with van der Waals surface area (Å²) in [4.78, 5) is 105. The Kier molecular flexibility index (Phi) is 38.6. The van der Waals surface area contributed by atoms with Crippen molar-refractivity contribution in [2.24, 2.45) is 0 Å². The van der Waals surface area contributed by atoms with Crippen molar-refractivity contribution in [1.82, 2.24) is 0 Å². The maximum Gasteiger partial charge on any atom is 0.313 e. The van der Waals surface area contributed by atoms with Crippen molar-refractivity contribution >= 4 is 53.7 Å². The Balaban J connectivity index is 0.00000109. The molecule has 12 atom stereocenters. The summed E-state index contributed by atoms with van der Waals surface area (Å²) in [6, 6.07) is 0. The highest BCUT2D eigenvalue weighted by atomic mass is 16.7. The second-order valence-electron chi connectivity index (χ2n) is 17.7. The Morgan fingerprint density at radius 1 is 0.329 bits per heavy atom. The molecule has 3 aliphatic rings. The average molecular weight is 1100 g/mol. The monoisotopic (exact) mass is 1100 g/mol. The van der Waals surface area contributed by atoms with Gasteiger partial charge in [-0.15, -0.1) is 0 Å². The van der Waals surface area contributed by atoms with Crippen molar-refractivity contribution in [3.05, 3.63) is 0 Å². The van der Waals surface area contributed by atoms with Crippen molar-refractivity contribution in [3.63, 3.8) is 0 Å². The van der Waals surface area contributed by atoms with Crippen molar-refractivity contribution in [2.45, 2.75) is 252 Å². The zero-order valence-corrected chi connectivity index (χ0v) is 45.7. The molecule has 25 nitrogen and oxygen atoms in total. The summed E-state index contributed by atoms with van der Waals surface area (Å²) in [5, 5.41) is 45.3. The van der Waals surface area contributed by atoms with Crippen LogP contribution in [-0.2, 0) is 95.3 Å². The van der Waals surface area contributed by atoms with E-state index >= 15 is 0 Å². The molecule has 3 rings (SSSR count). The lowest BCUT2D eigenvalue weighted by molar-refractivity contribution is -0.275. The molecule has 0 aliphatic carbocycles. The molecule has 3 saturated heterocycles. The lowest BCUT2D eigenvalue weighted by Gasteiger charge is -2.40. The average Bonchev–Trinajstić information content (AvgIpc) is 3.34. The summed E-state index contributed by atoms with van der Waals surface area (Å²) >= 11 is 0. The number of ether oxygens (including phenoxy) is 11. The molecule has 76 heavy (non-hydrogen) atoms. The van der Waals surface area contributed by atoms with E-state index in [9.17, 15) is 48.3 Å². The maximum absolute atomic E-state index is 12.2. The topological polar surface area (TPSA) is 356 Å². The molecule has 3 unspecified atom stereocenters. The first-order valence-electron chi connectivity index (χ1n) is 26.5. The van der Waals surface area contributed by atoms with Gasteiger partial charge in [-0.05, 0) is 57.8 Å². The molecule has 0 aromatic heterocycles. The number of esters is 9. The van der Waals surface area contributed by atoms with E-state index in [4.69, 9.17) is 63.1 Å². The largest absolute Gasteiger partial charge is 0.456 e. The first-order chi connectivity index (χ1) is 36.1.